The number of hydrogen-bond donors (Lipinski definition) is 12. The summed E-state index contributed by atoms with van der Waals surface area (Å²) in [5.74, 6) is 6.84. The van der Waals surface area contributed by atoms with Gasteiger partial charge in [-0.2, -0.15) is 50.3 Å². The largest absolute Gasteiger partial charge is 0.485 e. The van der Waals surface area contributed by atoms with E-state index in [4.69, 9.17) is 26.3 Å². The number of nitrogens with zero attached hydrogens (tertiary/aromatic N) is 20. The van der Waals surface area contributed by atoms with E-state index in [1.54, 1.807) is 83.5 Å². The van der Waals surface area contributed by atoms with E-state index in [2.05, 4.69) is 148 Å². The zero-order valence-corrected chi connectivity index (χ0v) is 68.9. The van der Waals surface area contributed by atoms with Gasteiger partial charge >= 0.3 is 0 Å². The average molecular weight is 1750 g/mol. The Bertz CT molecular complexity index is 7560. The van der Waals surface area contributed by atoms with E-state index in [1.807, 2.05) is 192 Å². The predicted octanol–water partition coefficient (Wildman–Crippen LogP) is 20.5. The molecule has 0 unspecified atom stereocenters. The van der Waals surface area contributed by atoms with Crippen LogP contribution in [-0.2, 0) is 6.61 Å². The molecule has 606 valence electrons. The Hall–Kier alpha value is -16.0. The summed E-state index contributed by atoms with van der Waals surface area (Å²) in [6.07, 6.45) is 15.3. The number of fused-ring (bicyclic) bond motifs is 8. The molecule has 0 saturated heterocycles. The fraction of sp³-hybridized carbons (Fsp3) is 0.0241. The van der Waals surface area contributed by atoms with Crippen LogP contribution in [0, 0.1) is 10.1 Å². The molecular weight excluding hydrogens is 1690 g/mol. The highest BCUT2D eigenvalue weighted by atomic mass is 35.5. The van der Waals surface area contributed by atoms with Crippen molar-refractivity contribution in [3.8, 4) is 17.3 Å². The number of thiophene rings is 4. The highest BCUT2D eigenvalue weighted by Crippen LogP contribution is 2.38. The van der Waals surface area contributed by atoms with Crippen LogP contribution in [-0.4, -0.2) is 127 Å². The Kier molecular flexibility index (Phi) is 22.3. The number of nitro groups is 1. The third-order valence-corrected chi connectivity index (χ3v) is 22.8. The van der Waals surface area contributed by atoms with Gasteiger partial charge in [-0.05, 0) is 173 Å². The predicted molar refractivity (Wildman–Crippen MR) is 490 cm³/mol. The van der Waals surface area contributed by atoms with Crippen molar-refractivity contribution in [2.75, 3.05) is 48.8 Å². The van der Waals surface area contributed by atoms with Gasteiger partial charge in [0.25, 0.3) is 5.69 Å². The van der Waals surface area contributed by atoms with Crippen molar-refractivity contribution >= 4 is 252 Å². The Morgan fingerprint density at radius 3 is 1.31 bits per heavy atom. The van der Waals surface area contributed by atoms with E-state index in [-0.39, 0.29) is 5.69 Å². The summed E-state index contributed by atoms with van der Waals surface area (Å²) >= 11 is 13.6. The molecule has 0 radical (unpaired) electrons. The van der Waals surface area contributed by atoms with Gasteiger partial charge in [-0.1, -0.05) is 59.8 Å². The number of ether oxygens (including phenoxy) is 1. The first-order chi connectivity index (χ1) is 61.0. The van der Waals surface area contributed by atoms with Crippen LogP contribution in [0.2, 0.25) is 5.15 Å². The number of anilines is 16. The zero-order valence-electron chi connectivity index (χ0n) is 64.0. The third-order valence-electron chi connectivity index (χ3n) is 18.4. The average Bonchev–Trinajstić information content (AvgIpc) is 1.62. The number of halogens is 1. The van der Waals surface area contributed by atoms with Gasteiger partial charge in [0.05, 0.1) is 105 Å². The molecule has 0 aliphatic rings. The molecule has 0 aliphatic heterocycles. The molecule has 17 aromatic heterocycles. The molecule has 12 N–H and O–H groups in total. The highest BCUT2D eigenvalue weighted by molar-refractivity contribution is 7.98. The number of rotatable bonds is 22. The summed E-state index contributed by atoms with van der Waals surface area (Å²) in [4.78, 5) is 77.7. The number of aromatic nitrogens is 23. The van der Waals surface area contributed by atoms with E-state index >= 15 is 0 Å². The molecule has 0 fully saturated rings. The van der Waals surface area contributed by atoms with Crippen LogP contribution in [0.5, 0.6) is 5.75 Å². The Morgan fingerprint density at radius 1 is 0.395 bits per heavy atom. The first kappa shape index (κ1) is 77.9. The van der Waals surface area contributed by atoms with Crippen LogP contribution in [0.1, 0.15) is 5.56 Å². The standard InChI is InChI=1S/C25H19N7OS.C22H16N10S2.C18H12ClN7S.C18H12N8O2S/c1-2-5-16(6-3-1)15-33-21-7-4-11-26-23(21)30-25-29-20-10-12-34-22(20)24(31-25)28-18-8-9-19-17(13-18)14-27-32-19;1-33-22-29-18(16-4-2-3-8-23-16)27-21(31-22)30-20-26-15-7-9-34-17(15)19(28-20)25-13-5-6-14-12(10-13)11-24-32-14;19-15-4-2-12(9-20-15)23-18-24-14-5-6-27-16(14)17(25-18)22-11-1-3-13-10(7-11)8-21-26-13;27-26(28)12-2-4-15(19-9-12)23-18-22-14-5-6-29-16(14)17(24-18)21-11-1-3-13-10(7-11)8-20-25-13/h1-14H,15H2,(H,27,32)(H2,26,28,29,30,31);2-11H,1H3,(H,24,32)(H2,25,26,27,28,29,30,31);1-9H,(H,21,26)(H2,22,23,24,25);1-9H,(H,20,25)(H2,19,21,22,23,24). The second kappa shape index (κ2) is 35.5. The minimum Gasteiger partial charge on any atom is -0.485 e. The van der Waals surface area contributed by atoms with Crippen LogP contribution in [0.3, 0.4) is 0 Å². The summed E-state index contributed by atoms with van der Waals surface area (Å²) in [6.45, 7) is 0.439. The molecule has 17 heterocycles. The quantitative estimate of drug-likeness (QED) is 0.0130. The fourth-order valence-electron chi connectivity index (χ4n) is 12.6. The Balaban J connectivity index is 0.000000109. The maximum atomic E-state index is 10.8. The van der Waals surface area contributed by atoms with E-state index in [0.29, 0.717) is 93.0 Å². The van der Waals surface area contributed by atoms with Crippen molar-refractivity contribution in [1.29, 1.82) is 0 Å². The Morgan fingerprint density at radius 2 is 0.855 bits per heavy atom. The number of pyridine rings is 4. The second-order valence-electron chi connectivity index (χ2n) is 26.6. The van der Waals surface area contributed by atoms with E-state index in [0.717, 1.165) is 124 Å². The molecular formula is C83H59ClN32O3S5. The lowest BCUT2D eigenvalue weighted by Gasteiger charge is -2.13. The third kappa shape index (κ3) is 18.1. The number of aromatic amines is 4. The van der Waals surface area contributed by atoms with Crippen LogP contribution in [0.4, 0.5) is 98.8 Å². The van der Waals surface area contributed by atoms with Crippen molar-refractivity contribution in [2.45, 2.75) is 11.8 Å². The lowest BCUT2D eigenvalue weighted by Crippen LogP contribution is -2.06. The topological polar surface area (TPSA) is 457 Å². The van der Waals surface area contributed by atoms with Crippen molar-refractivity contribution in [3.63, 3.8) is 0 Å². The highest BCUT2D eigenvalue weighted by Gasteiger charge is 2.20. The molecule has 5 aromatic carbocycles. The SMILES string of the molecule is CSc1nc(Nc2nc(Nc3ccc4[nH]ncc4c3)c3sccc3n2)nc(-c2ccccn2)n1.Clc1ccc(Nc2nc(Nc3ccc4[nH]ncc4c3)c3sccc3n2)cn1.O=[N+]([O-])c1ccc(Nc2nc(Nc3ccc4[nH]ncc4c3)c3sccc3n2)nc1.c1ccc(COc2cccnc2Nc2nc(Nc3ccc4[nH]ncc4c3)c3sccc3n2)cc1. The monoisotopic (exact) mass is 1750 g/mol. The second-order valence-corrected chi connectivity index (χ2v) is 31.5. The van der Waals surface area contributed by atoms with Gasteiger partial charge < -0.3 is 42.0 Å². The number of hydrogen-bond acceptors (Lipinski definition) is 35. The smallest absolute Gasteiger partial charge is 0.287 e. The molecule has 124 heavy (non-hydrogen) atoms. The lowest BCUT2D eigenvalue weighted by molar-refractivity contribution is -0.385. The molecule has 41 heteroatoms. The molecule has 0 saturated carbocycles. The summed E-state index contributed by atoms with van der Waals surface area (Å²) in [5.41, 5.74) is 13.2. The molecule has 0 amide bonds. The molecule has 35 nitrogen and oxygen atoms in total. The van der Waals surface area contributed by atoms with Crippen molar-refractivity contribution in [1.82, 2.24) is 116 Å². The fourth-order valence-corrected chi connectivity index (χ4v) is 16.1. The minimum absolute atomic E-state index is 0.0817. The van der Waals surface area contributed by atoms with Gasteiger partial charge in [0, 0.05) is 62.8 Å². The van der Waals surface area contributed by atoms with Crippen LogP contribution >= 0.6 is 68.7 Å². The molecule has 0 bridgehead atoms. The normalized spacial score (nSPS) is 11.1. The van der Waals surface area contributed by atoms with Crippen molar-refractivity contribution in [3.05, 3.63) is 274 Å². The van der Waals surface area contributed by atoms with E-state index in [1.165, 1.54) is 41.4 Å². The molecule has 22 aromatic rings. The maximum Gasteiger partial charge on any atom is 0.287 e. The molecule has 22 rings (SSSR count). The van der Waals surface area contributed by atoms with Crippen molar-refractivity contribution < 1.29 is 9.66 Å². The lowest BCUT2D eigenvalue weighted by atomic mass is 10.2. The number of benzene rings is 5. The first-order valence-corrected chi connectivity index (χ1v) is 42.5. The molecule has 0 aliphatic carbocycles. The van der Waals surface area contributed by atoms with Gasteiger partial charge in [0.2, 0.25) is 29.7 Å². The van der Waals surface area contributed by atoms with Gasteiger partial charge in [-0.15, -0.1) is 45.3 Å². The van der Waals surface area contributed by atoms with E-state index in [9.17, 15) is 10.1 Å². The van der Waals surface area contributed by atoms with E-state index < -0.39 is 4.92 Å². The van der Waals surface area contributed by atoms with Crippen LogP contribution in [0.15, 0.2) is 258 Å². The summed E-state index contributed by atoms with van der Waals surface area (Å²) < 4.78 is 9.85. The number of nitrogens with one attached hydrogen (secondary N) is 12. The van der Waals surface area contributed by atoms with Gasteiger partial charge in [-0.25, -0.2) is 39.9 Å². The van der Waals surface area contributed by atoms with Crippen LogP contribution in [0.25, 0.3) is 96.0 Å². The number of H-pyrrole nitrogens is 4. The van der Waals surface area contributed by atoms with Crippen LogP contribution < -0.4 is 47.3 Å². The zero-order chi connectivity index (χ0) is 83.7. The van der Waals surface area contributed by atoms with Crippen molar-refractivity contribution in [2.24, 2.45) is 0 Å². The maximum absolute atomic E-state index is 10.8. The molecule has 0 atom stereocenters. The minimum atomic E-state index is -0.496. The Labute approximate surface area is 723 Å². The number of thioether (sulfide) groups is 1. The van der Waals surface area contributed by atoms with Gasteiger partial charge in [0.1, 0.15) is 29.5 Å². The van der Waals surface area contributed by atoms with Gasteiger partial charge in [0.15, 0.2) is 45.8 Å². The first-order valence-electron chi connectivity index (χ1n) is 37.4. The summed E-state index contributed by atoms with van der Waals surface area (Å²) in [6, 6.07) is 57.4. The summed E-state index contributed by atoms with van der Waals surface area (Å²) in [7, 11) is 0. The summed E-state index contributed by atoms with van der Waals surface area (Å²) in [5, 5.41) is 77.9. The molecule has 0 spiro atoms. The van der Waals surface area contributed by atoms with Gasteiger partial charge in [-0.3, -0.25) is 40.8 Å².